The quantitative estimate of drug-likeness (QED) is 0.571. The number of nitrogens with two attached hydrogens (primary N) is 1. The Morgan fingerprint density at radius 1 is 1.37 bits per heavy atom. The molecule has 1 aliphatic rings. The van der Waals surface area contributed by atoms with E-state index in [9.17, 15) is 18.0 Å². The Morgan fingerprint density at radius 3 is 2.26 bits per heavy atom. The molecule has 1 saturated heterocycles. The summed E-state index contributed by atoms with van der Waals surface area (Å²) in [6.45, 7) is 4.55. The van der Waals surface area contributed by atoms with Crippen molar-refractivity contribution in [3.8, 4) is 0 Å². The molecule has 1 unspecified atom stereocenters. The number of carbonyl (C=O) groups is 1. The number of ether oxygens (including phenoxy) is 1. The molecule has 0 saturated carbocycles. The van der Waals surface area contributed by atoms with Crippen LogP contribution in [0.1, 0.15) is 33.6 Å². The fraction of sp³-hybridized carbons (Fsp3) is 0.818. The average molecular weight is 281 g/mol. The molecule has 1 rings (SSSR count). The van der Waals surface area contributed by atoms with Gasteiger partial charge in [-0.2, -0.15) is 13.2 Å². The van der Waals surface area contributed by atoms with Crippen LogP contribution in [0.2, 0.25) is 0 Å². The minimum absolute atomic E-state index is 0.123. The highest BCUT2D eigenvalue weighted by atomic mass is 19.4. The van der Waals surface area contributed by atoms with Crippen LogP contribution in [-0.2, 0) is 4.74 Å². The first-order chi connectivity index (χ1) is 8.42. The van der Waals surface area contributed by atoms with Gasteiger partial charge in [0.2, 0.25) is 0 Å². The van der Waals surface area contributed by atoms with Crippen molar-refractivity contribution >= 4 is 11.9 Å². The summed E-state index contributed by atoms with van der Waals surface area (Å²) in [6, 6.07) is 0. The number of nitrogens with zero attached hydrogens (tertiary/aromatic N) is 1. The van der Waals surface area contributed by atoms with E-state index in [1.165, 1.54) is 0 Å². The Kier molecular flexibility index (Phi) is 3.75. The predicted molar refractivity (Wildman–Crippen MR) is 62.9 cm³/mol. The summed E-state index contributed by atoms with van der Waals surface area (Å²) in [5.74, 6) is -1.08. The second-order valence-electron chi connectivity index (χ2n) is 5.51. The molecule has 0 aromatic carbocycles. The van der Waals surface area contributed by atoms with Crippen molar-refractivity contribution < 1.29 is 22.7 Å². The molecule has 0 radical (unpaired) electrons. The van der Waals surface area contributed by atoms with E-state index < -0.39 is 35.7 Å². The van der Waals surface area contributed by atoms with E-state index in [2.05, 4.69) is 0 Å². The third-order valence-electron chi connectivity index (χ3n) is 2.91. The number of amides is 1. The summed E-state index contributed by atoms with van der Waals surface area (Å²) in [4.78, 5) is 12.4. The number of nitrogens with one attached hydrogen (secondary N) is 1. The SMILES string of the molecule is CC(C)(C)OC(=O)N1CCCC1(C(=N)N)C(F)(F)F. The third kappa shape index (κ3) is 2.76. The van der Waals surface area contributed by atoms with Crippen molar-refractivity contribution in [2.45, 2.75) is 50.9 Å². The summed E-state index contributed by atoms with van der Waals surface area (Å²) in [5.41, 5.74) is 1.47. The molecule has 3 N–H and O–H groups in total. The van der Waals surface area contributed by atoms with Gasteiger partial charge in [-0.25, -0.2) is 4.79 Å². The van der Waals surface area contributed by atoms with Crippen molar-refractivity contribution in [1.82, 2.24) is 4.90 Å². The average Bonchev–Trinajstić information content (AvgIpc) is 2.57. The lowest BCUT2D eigenvalue weighted by Gasteiger charge is -2.39. The molecule has 0 aromatic rings. The summed E-state index contributed by atoms with van der Waals surface area (Å²) in [6.07, 6.45) is -6.19. The van der Waals surface area contributed by atoms with Crippen molar-refractivity contribution in [2.24, 2.45) is 5.73 Å². The topological polar surface area (TPSA) is 79.4 Å². The van der Waals surface area contributed by atoms with Crippen LogP contribution < -0.4 is 5.73 Å². The first-order valence-electron chi connectivity index (χ1n) is 5.83. The second kappa shape index (κ2) is 4.57. The Hall–Kier alpha value is -1.47. The summed E-state index contributed by atoms with van der Waals surface area (Å²) in [5, 5.41) is 7.26. The lowest BCUT2D eigenvalue weighted by molar-refractivity contribution is -0.195. The number of hydrogen-bond donors (Lipinski definition) is 2. The molecule has 0 aromatic heterocycles. The molecule has 1 amide bonds. The number of halogens is 3. The molecule has 110 valence electrons. The van der Waals surface area contributed by atoms with Gasteiger partial charge in [0.05, 0.1) is 0 Å². The van der Waals surface area contributed by atoms with Crippen LogP contribution in [0.3, 0.4) is 0 Å². The Labute approximate surface area is 109 Å². The van der Waals surface area contributed by atoms with Crippen molar-refractivity contribution in [2.75, 3.05) is 6.54 Å². The van der Waals surface area contributed by atoms with Gasteiger partial charge in [-0.1, -0.05) is 0 Å². The van der Waals surface area contributed by atoms with E-state index in [0.29, 0.717) is 4.90 Å². The Bertz CT molecular complexity index is 390. The van der Waals surface area contributed by atoms with Gasteiger partial charge in [0, 0.05) is 6.54 Å². The monoisotopic (exact) mass is 281 g/mol. The van der Waals surface area contributed by atoms with Crippen LogP contribution in [-0.4, -0.2) is 40.7 Å². The first kappa shape index (κ1) is 15.6. The molecule has 1 atom stereocenters. The highest BCUT2D eigenvalue weighted by molar-refractivity contribution is 5.92. The smallest absolute Gasteiger partial charge is 0.419 e. The summed E-state index contributed by atoms with van der Waals surface area (Å²) in [7, 11) is 0. The molecular formula is C11H18F3N3O2. The van der Waals surface area contributed by atoms with Gasteiger partial charge in [0.25, 0.3) is 0 Å². The van der Waals surface area contributed by atoms with Gasteiger partial charge < -0.3 is 10.5 Å². The van der Waals surface area contributed by atoms with Gasteiger partial charge in [-0.05, 0) is 33.6 Å². The Morgan fingerprint density at radius 2 is 1.89 bits per heavy atom. The van der Waals surface area contributed by atoms with Gasteiger partial charge >= 0.3 is 12.3 Å². The van der Waals surface area contributed by atoms with Gasteiger partial charge in [-0.15, -0.1) is 0 Å². The minimum atomic E-state index is -4.80. The van der Waals surface area contributed by atoms with Crippen molar-refractivity contribution in [3.05, 3.63) is 0 Å². The number of alkyl halides is 3. The second-order valence-corrected chi connectivity index (χ2v) is 5.51. The first-order valence-corrected chi connectivity index (χ1v) is 5.83. The number of amidine groups is 1. The minimum Gasteiger partial charge on any atom is -0.444 e. The molecule has 1 aliphatic heterocycles. The molecule has 8 heteroatoms. The predicted octanol–water partition coefficient (Wildman–Crippen LogP) is 2.25. The van der Waals surface area contributed by atoms with E-state index in [1.54, 1.807) is 20.8 Å². The van der Waals surface area contributed by atoms with Crippen LogP contribution in [0.4, 0.5) is 18.0 Å². The Balaban J connectivity index is 3.12. The van der Waals surface area contributed by atoms with Crippen LogP contribution in [0.15, 0.2) is 0 Å². The molecule has 0 bridgehead atoms. The van der Waals surface area contributed by atoms with E-state index in [1.807, 2.05) is 0 Å². The number of likely N-dealkylation sites (tertiary alicyclic amines) is 1. The standard InChI is InChI=1S/C11H18F3N3O2/c1-9(2,3)19-8(18)17-6-4-5-10(17,7(15)16)11(12,13)14/h4-6H2,1-3H3,(H3,15,16). The van der Waals surface area contributed by atoms with E-state index >= 15 is 0 Å². The summed E-state index contributed by atoms with van der Waals surface area (Å²) < 4.78 is 44.7. The largest absolute Gasteiger partial charge is 0.444 e. The normalized spacial score (nSPS) is 24.4. The zero-order valence-electron chi connectivity index (χ0n) is 11.1. The highest BCUT2D eigenvalue weighted by Crippen LogP contribution is 2.43. The number of hydrogen-bond acceptors (Lipinski definition) is 3. The van der Waals surface area contributed by atoms with Gasteiger partial charge in [0.15, 0.2) is 5.54 Å². The van der Waals surface area contributed by atoms with E-state index in [0.717, 1.165) is 0 Å². The van der Waals surface area contributed by atoms with E-state index in [-0.39, 0.29) is 13.0 Å². The molecule has 1 heterocycles. The zero-order valence-corrected chi connectivity index (χ0v) is 11.1. The summed E-state index contributed by atoms with van der Waals surface area (Å²) >= 11 is 0. The van der Waals surface area contributed by atoms with Crippen LogP contribution in [0.5, 0.6) is 0 Å². The number of rotatable bonds is 1. The van der Waals surface area contributed by atoms with E-state index in [4.69, 9.17) is 15.9 Å². The van der Waals surface area contributed by atoms with Crippen molar-refractivity contribution in [1.29, 1.82) is 5.41 Å². The van der Waals surface area contributed by atoms with Crippen LogP contribution >= 0.6 is 0 Å². The molecule has 0 aliphatic carbocycles. The maximum absolute atomic E-state index is 13.2. The fourth-order valence-electron chi connectivity index (χ4n) is 2.11. The lowest BCUT2D eigenvalue weighted by Crippen LogP contribution is -2.64. The van der Waals surface area contributed by atoms with Crippen LogP contribution in [0.25, 0.3) is 0 Å². The molecule has 0 spiro atoms. The maximum Gasteiger partial charge on any atom is 0.419 e. The van der Waals surface area contributed by atoms with Gasteiger partial charge in [0.1, 0.15) is 11.4 Å². The number of carbonyl (C=O) groups excluding carboxylic acids is 1. The van der Waals surface area contributed by atoms with Crippen molar-refractivity contribution in [3.63, 3.8) is 0 Å². The van der Waals surface area contributed by atoms with Crippen LogP contribution in [0, 0.1) is 5.41 Å². The zero-order chi connectivity index (χ0) is 15.1. The molecule has 19 heavy (non-hydrogen) atoms. The lowest BCUT2D eigenvalue weighted by atomic mass is 9.94. The third-order valence-corrected chi connectivity index (χ3v) is 2.91. The molecule has 5 nitrogen and oxygen atoms in total. The van der Waals surface area contributed by atoms with Gasteiger partial charge in [-0.3, -0.25) is 10.3 Å². The molecular weight excluding hydrogens is 263 g/mol. The maximum atomic E-state index is 13.2. The fourth-order valence-corrected chi connectivity index (χ4v) is 2.11. The highest BCUT2D eigenvalue weighted by Gasteiger charge is 2.65. The molecule has 1 fully saturated rings.